The van der Waals surface area contributed by atoms with Crippen LogP contribution in [-0.2, 0) is 11.2 Å². The topological polar surface area (TPSA) is 41.6 Å². The van der Waals surface area contributed by atoms with Gasteiger partial charge >= 0.3 is 6.09 Å². The van der Waals surface area contributed by atoms with Gasteiger partial charge in [0.2, 0.25) is 0 Å². The van der Waals surface area contributed by atoms with Crippen LogP contribution in [0.3, 0.4) is 0 Å². The zero-order chi connectivity index (χ0) is 11.5. The van der Waals surface area contributed by atoms with E-state index in [4.69, 9.17) is 0 Å². The number of nitrogens with zero attached hydrogens (tertiary/aromatic N) is 1. The van der Waals surface area contributed by atoms with Gasteiger partial charge in [-0.1, -0.05) is 0 Å². The number of ether oxygens (including phenoxy) is 1. The third-order valence-electron chi connectivity index (χ3n) is 2.86. The van der Waals surface area contributed by atoms with Crippen LogP contribution in [0.1, 0.15) is 12.0 Å². The van der Waals surface area contributed by atoms with Crippen LogP contribution in [0.2, 0.25) is 0 Å². The van der Waals surface area contributed by atoms with E-state index in [1.54, 1.807) is 0 Å². The summed E-state index contributed by atoms with van der Waals surface area (Å²) in [6.07, 6.45) is 1.80. The molecule has 1 aliphatic rings. The minimum Gasteiger partial charge on any atom is -0.453 e. The van der Waals surface area contributed by atoms with Gasteiger partial charge in [-0.2, -0.15) is 0 Å². The van der Waals surface area contributed by atoms with Crippen molar-refractivity contribution >= 4 is 17.5 Å². The molecular weight excluding hydrogens is 204 g/mol. The van der Waals surface area contributed by atoms with Crippen molar-refractivity contribution in [2.24, 2.45) is 0 Å². The third kappa shape index (κ3) is 2.10. The van der Waals surface area contributed by atoms with Gasteiger partial charge in [-0.3, -0.25) is 5.32 Å². The second-order valence-corrected chi connectivity index (χ2v) is 3.99. The molecule has 0 atom stereocenters. The van der Waals surface area contributed by atoms with Crippen molar-refractivity contribution in [2.75, 3.05) is 30.9 Å². The van der Waals surface area contributed by atoms with Crippen molar-refractivity contribution in [3.63, 3.8) is 0 Å². The lowest BCUT2D eigenvalue weighted by atomic mass is 10.0. The Morgan fingerprint density at radius 2 is 2.31 bits per heavy atom. The summed E-state index contributed by atoms with van der Waals surface area (Å²) in [4.78, 5) is 13.3. The van der Waals surface area contributed by atoms with Gasteiger partial charge in [0.1, 0.15) is 0 Å². The molecule has 0 radical (unpaired) electrons. The molecule has 0 fully saturated rings. The first kappa shape index (κ1) is 10.8. The Labute approximate surface area is 95.2 Å². The number of rotatable bonds is 1. The van der Waals surface area contributed by atoms with Crippen LogP contribution in [0.25, 0.3) is 0 Å². The second-order valence-electron chi connectivity index (χ2n) is 3.99. The SMILES string of the molecule is COC(=O)Nc1ccc2c(c1)CCCN2C. The Kier molecular flexibility index (Phi) is 2.99. The Morgan fingerprint density at radius 3 is 3.06 bits per heavy atom. The molecular formula is C12H16N2O2. The summed E-state index contributed by atoms with van der Waals surface area (Å²) in [6, 6.07) is 5.96. The van der Waals surface area contributed by atoms with Crippen molar-refractivity contribution in [1.82, 2.24) is 0 Å². The fourth-order valence-electron chi connectivity index (χ4n) is 2.03. The van der Waals surface area contributed by atoms with Crippen molar-refractivity contribution < 1.29 is 9.53 Å². The molecule has 0 unspecified atom stereocenters. The Balaban J connectivity index is 2.21. The van der Waals surface area contributed by atoms with E-state index in [0.29, 0.717) is 0 Å². The van der Waals surface area contributed by atoms with Gasteiger partial charge in [0, 0.05) is 25.0 Å². The van der Waals surface area contributed by atoms with Crippen LogP contribution in [0.4, 0.5) is 16.2 Å². The third-order valence-corrected chi connectivity index (χ3v) is 2.86. The lowest BCUT2D eigenvalue weighted by Crippen LogP contribution is -2.24. The van der Waals surface area contributed by atoms with E-state index >= 15 is 0 Å². The van der Waals surface area contributed by atoms with Gasteiger partial charge in [0.25, 0.3) is 0 Å². The molecule has 1 aliphatic heterocycles. The minimum absolute atomic E-state index is 0.427. The molecule has 0 saturated carbocycles. The van der Waals surface area contributed by atoms with Crippen molar-refractivity contribution in [2.45, 2.75) is 12.8 Å². The van der Waals surface area contributed by atoms with E-state index in [2.05, 4.69) is 22.0 Å². The predicted octanol–water partition coefficient (Wildman–Crippen LogP) is 2.25. The number of hydrogen-bond acceptors (Lipinski definition) is 3. The van der Waals surface area contributed by atoms with Crippen molar-refractivity contribution in [3.8, 4) is 0 Å². The molecule has 0 aliphatic carbocycles. The highest BCUT2D eigenvalue weighted by atomic mass is 16.5. The molecule has 4 nitrogen and oxygen atoms in total. The van der Waals surface area contributed by atoms with E-state index in [0.717, 1.165) is 25.1 Å². The monoisotopic (exact) mass is 220 g/mol. The summed E-state index contributed by atoms with van der Waals surface area (Å²) >= 11 is 0. The number of benzene rings is 1. The normalized spacial score (nSPS) is 14.2. The van der Waals surface area contributed by atoms with Crippen LogP contribution < -0.4 is 10.2 Å². The number of carbonyl (C=O) groups is 1. The van der Waals surface area contributed by atoms with Crippen LogP contribution in [-0.4, -0.2) is 26.8 Å². The van der Waals surface area contributed by atoms with Crippen LogP contribution in [0.5, 0.6) is 0 Å². The maximum absolute atomic E-state index is 11.1. The van der Waals surface area contributed by atoms with Gasteiger partial charge in [0.05, 0.1) is 7.11 Å². The largest absolute Gasteiger partial charge is 0.453 e. The highest BCUT2D eigenvalue weighted by molar-refractivity contribution is 5.85. The second kappa shape index (κ2) is 4.43. The molecule has 0 bridgehead atoms. The van der Waals surface area contributed by atoms with Gasteiger partial charge in [-0.05, 0) is 36.6 Å². The highest BCUT2D eigenvalue weighted by Crippen LogP contribution is 2.28. The van der Waals surface area contributed by atoms with Gasteiger partial charge in [-0.25, -0.2) is 4.79 Å². The standard InChI is InChI=1S/C12H16N2O2/c1-14-7-3-4-9-8-10(5-6-11(9)14)13-12(15)16-2/h5-6,8H,3-4,7H2,1-2H3,(H,13,15). The first-order valence-corrected chi connectivity index (χ1v) is 5.40. The number of carbonyl (C=O) groups excluding carboxylic acids is 1. The molecule has 1 amide bonds. The number of anilines is 2. The van der Waals surface area contributed by atoms with E-state index in [-0.39, 0.29) is 0 Å². The number of fused-ring (bicyclic) bond motifs is 1. The summed E-state index contributed by atoms with van der Waals surface area (Å²) in [5.41, 5.74) is 3.32. The number of methoxy groups -OCH3 is 1. The van der Waals surface area contributed by atoms with Crippen molar-refractivity contribution in [1.29, 1.82) is 0 Å². The fourth-order valence-corrected chi connectivity index (χ4v) is 2.03. The lowest BCUT2D eigenvalue weighted by molar-refractivity contribution is 0.187. The molecule has 86 valence electrons. The summed E-state index contributed by atoms with van der Waals surface area (Å²) < 4.78 is 4.56. The zero-order valence-corrected chi connectivity index (χ0v) is 9.62. The van der Waals surface area contributed by atoms with Crippen LogP contribution >= 0.6 is 0 Å². The van der Waals surface area contributed by atoms with E-state index in [1.165, 1.54) is 18.4 Å². The first-order valence-electron chi connectivity index (χ1n) is 5.40. The average Bonchev–Trinajstić information content (AvgIpc) is 2.29. The molecule has 0 aromatic heterocycles. The average molecular weight is 220 g/mol. The predicted molar refractivity (Wildman–Crippen MR) is 64.1 cm³/mol. The Morgan fingerprint density at radius 1 is 1.50 bits per heavy atom. The maximum Gasteiger partial charge on any atom is 0.411 e. The summed E-state index contributed by atoms with van der Waals surface area (Å²) in [7, 11) is 3.45. The molecule has 1 aromatic rings. The first-order chi connectivity index (χ1) is 7.70. The van der Waals surface area contributed by atoms with E-state index < -0.39 is 6.09 Å². The summed E-state index contributed by atoms with van der Waals surface area (Å²) in [5, 5.41) is 2.68. The van der Waals surface area contributed by atoms with E-state index in [9.17, 15) is 4.79 Å². The number of nitrogens with one attached hydrogen (secondary N) is 1. The molecule has 16 heavy (non-hydrogen) atoms. The number of amides is 1. The van der Waals surface area contributed by atoms with Gasteiger partial charge in [-0.15, -0.1) is 0 Å². The van der Waals surface area contributed by atoms with Gasteiger partial charge in [0.15, 0.2) is 0 Å². The molecule has 1 heterocycles. The Hall–Kier alpha value is -1.71. The fraction of sp³-hybridized carbons (Fsp3) is 0.417. The van der Waals surface area contributed by atoms with E-state index in [1.807, 2.05) is 18.2 Å². The van der Waals surface area contributed by atoms with Gasteiger partial charge < -0.3 is 9.64 Å². The molecule has 1 aromatic carbocycles. The lowest BCUT2D eigenvalue weighted by Gasteiger charge is -2.27. The zero-order valence-electron chi connectivity index (χ0n) is 9.62. The van der Waals surface area contributed by atoms with Crippen LogP contribution in [0.15, 0.2) is 18.2 Å². The molecule has 0 saturated heterocycles. The smallest absolute Gasteiger partial charge is 0.411 e. The Bertz CT molecular complexity index is 404. The summed E-state index contributed by atoms with van der Waals surface area (Å²) in [6.45, 7) is 1.09. The molecule has 2 rings (SSSR count). The minimum atomic E-state index is -0.427. The molecule has 1 N–H and O–H groups in total. The molecule has 4 heteroatoms. The summed E-state index contributed by atoms with van der Waals surface area (Å²) in [5.74, 6) is 0. The number of hydrogen-bond donors (Lipinski definition) is 1. The molecule has 0 spiro atoms. The van der Waals surface area contributed by atoms with Crippen molar-refractivity contribution in [3.05, 3.63) is 23.8 Å². The highest BCUT2D eigenvalue weighted by Gasteiger charge is 2.14. The quantitative estimate of drug-likeness (QED) is 0.789. The number of aryl methyl sites for hydroxylation is 1. The maximum atomic E-state index is 11.1. The van der Waals surface area contributed by atoms with Crippen LogP contribution in [0, 0.1) is 0 Å².